The molecule has 1 aromatic carbocycles. The minimum atomic E-state index is -0.530. The van der Waals surface area contributed by atoms with Crippen molar-refractivity contribution in [1.82, 2.24) is 10.5 Å². The second-order valence-electron chi connectivity index (χ2n) is 7.51. The van der Waals surface area contributed by atoms with Crippen molar-refractivity contribution >= 4 is 5.91 Å². The Hall–Kier alpha value is -2.62. The van der Waals surface area contributed by atoms with Crippen LogP contribution in [0.5, 0.6) is 11.5 Å². The van der Waals surface area contributed by atoms with E-state index in [1.807, 2.05) is 13.8 Å². The van der Waals surface area contributed by atoms with E-state index in [0.29, 0.717) is 55.4 Å². The molecule has 9 nitrogen and oxygen atoms in total. The number of carbonyl (C=O) groups excluding carboxylic acids is 1. The summed E-state index contributed by atoms with van der Waals surface area (Å²) in [5.74, 6) is 1.44. The van der Waals surface area contributed by atoms with Crippen molar-refractivity contribution in [1.29, 1.82) is 0 Å². The smallest absolute Gasteiger partial charge is 0.251 e. The van der Waals surface area contributed by atoms with Crippen molar-refractivity contribution in [2.45, 2.75) is 38.9 Å². The maximum atomic E-state index is 12.8. The van der Waals surface area contributed by atoms with Gasteiger partial charge in [0.05, 0.1) is 37.2 Å². The average molecular weight is 434 g/mol. The molecular formula is C22H30N2O7. The van der Waals surface area contributed by atoms with Gasteiger partial charge in [-0.15, -0.1) is 0 Å². The molecular weight excluding hydrogens is 404 g/mol. The summed E-state index contributed by atoms with van der Waals surface area (Å²) in [6.07, 6.45) is 1.32. The van der Waals surface area contributed by atoms with Crippen LogP contribution in [0.3, 0.4) is 0 Å². The first-order chi connectivity index (χ1) is 15.0. The maximum absolute atomic E-state index is 12.8. The van der Waals surface area contributed by atoms with Gasteiger partial charge in [-0.25, -0.2) is 0 Å². The number of hydrogen-bond acceptors (Lipinski definition) is 8. The van der Waals surface area contributed by atoms with Crippen LogP contribution < -0.4 is 14.8 Å². The Kier molecular flexibility index (Phi) is 7.89. The van der Waals surface area contributed by atoms with Gasteiger partial charge in [-0.05, 0) is 32.0 Å². The van der Waals surface area contributed by atoms with Gasteiger partial charge in [0.15, 0.2) is 11.5 Å². The number of aryl methyl sites for hydroxylation is 2. The number of hydrogen-bond donors (Lipinski definition) is 2. The fourth-order valence-corrected chi connectivity index (χ4v) is 3.51. The van der Waals surface area contributed by atoms with Crippen LogP contribution in [0.2, 0.25) is 0 Å². The van der Waals surface area contributed by atoms with Gasteiger partial charge in [0.1, 0.15) is 12.4 Å². The van der Waals surface area contributed by atoms with E-state index in [-0.39, 0.29) is 25.7 Å². The molecule has 9 heteroatoms. The van der Waals surface area contributed by atoms with Crippen LogP contribution in [0.1, 0.15) is 40.2 Å². The van der Waals surface area contributed by atoms with Crippen molar-refractivity contribution < 1.29 is 33.4 Å². The Labute approximate surface area is 181 Å². The number of carbonyl (C=O) groups is 1. The Morgan fingerprint density at radius 2 is 2.03 bits per heavy atom. The van der Waals surface area contributed by atoms with Crippen molar-refractivity contribution in [2.75, 3.05) is 40.1 Å². The number of methoxy groups -OCH3 is 1. The molecule has 1 aromatic heterocycles. The second kappa shape index (κ2) is 10.6. The first kappa shape index (κ1) is 23.1. The molecule has 0 saturated carbocycles. The van der Waals surface area contributed by atoms with Gasteiger partial charge in [0.2, 0.25) is 0 Å². The zero-order valence-electron chi connectivity index (χ0n) is 18.2. The van der Waals surface area contributed by atoms with Crippen molar-refractivity contribution in [2.24, 2.45) is 0 Å². The third kappa shape index (κ3) is 5.75. The molecule has 0 atom stereocenters. The van der Waals surface area contributed by atoms with Crippen LogP contribution in [-0.2, 0) is 16.1 Å². The normalized spacial score (nSPS) is 15.5. The fourth-order valence-electron chi connectivity index (χ4n) is 3.51. The molecule has 2 N–H and O–H groups in total. The van der Waals surface area contributed by atoms with E-state index in [9.17, 15) is 4.79 Å². The van der Waals surface area contributed by atoms with Gasteiger partial charge < -0.3 is 33.9 Å². The summed E-state index contributed by atoms with van der Waals surface area (Å²) in [4.78, 5) is 12.8. The van der Waals surface area contributed by atoms with E-state index in [0.717, 1.165) is 11.3 Å². The third-order valence-corrected chi connectivity index (χ3v) is 5.45. The Bertz CT molecular complexity index is 855. The monoisotopic (exact) mass is 434 g/mol. The zero-order valence-corrected chi connectivity index (χ0v) is 18.2. The highest BCUT2D eigenvalue weighted by Gasteiger charge is 2.34. The minimum Gasteiger partial charge on any atom is -0.493 e. The number of amides is 1. The number of rotatable bonds is 10. The van der Waals surface area contributed by atoms with E-state index < -0.39 is 5.60 Å². The van der Waals surface area contributed by atoms with E-state index in [1.165, 1.54) is 7.11 Å². The van der Waals surface area contributed by atoms with E-state index in [1.54, 1.807) is 18.2 Å². The number of nitrogens with zero attached hydrogens (tertiary/aromatic N) is 1. The molecule has 170 valence electrons. The fraction of sp³-hybridized carbons (Fsp3) is 0.545. The minimum absolute atomic E-state index is 0.0663. The molecule has 0 unspecified atom stereocenters. The first-order valence-electron chi connectivity index (χ1n) is 10.3. The quantitative estimate of drug-likeness (QED) is 0.585. The van der Waals surface area contributed by atoms with Gasteiger partial charge in [-0.3, -0.25) is 4.79 Å². The van der Waals surface area contributed by atoms with Gasteiger partial charge in [-0.2, -0.15) is 0 Å². The molecule has 0 spiro atoms. The predicted octanol–water partition coefficient (Wildman–Crippen LogP) is 2.17. The van der Waals surface area contributed by atoms with Gasteiger partial charge in [-0.1, -0.05) is 5.16 Å². The zero-order chi connectivity index (χ0) is 22.3. The van der Waals surface area contributed by atoms with Crippen LogP contribution in [0.25, 0.3) is 0 Å². The summed E-state index contributed by atoms with van der Waals surface area (Å²) in [6.45, 7) is 5.59. The van der Waals surface area contributed by atoms with Crippen LogP contribution in [-0.4, -0.2) is 61.9 Å². The number of ether oxygens (including phenoxy) is 4. The molecule has 1 aliphatic rings. The lowest BCUT2D eigenvalue weighted by Crippen LogP contribution is -2.49. The first-order valence-corrected chi connectivity index (χ1v) is 10.3. The Balaban J connectivity index is 1.64. The molecule has 0 radical (unpaired) electrons. The van der Waals surface area contributed by atoms with Gasteiger partial charge in [0.25, 0.3) is 5.91 Å². The van der Waals surface area contributed by atoms with Crippen molar-refractivity contribution in [3.8, 4) is 11.5 Å². The molecule has 0 aliphatic carbocycles. The number of aliphatic hydroxyl groups is 1. The maximum Gasteiger partial charge on any atom is 0.251 e. The van der Waals surface area contributed by atoms with Crippen LogP contribution >= 0.6 is 0 Å². The summed E-state index contributed by atoms with van der Waals surface area (Å²) < 4.78 is 27.7. The SMILES string of the molecule is COc1cc(C(=O)NCC2(OCCO)CCOCC2)ccc1OCc1c(C)noc1C. The molecule has 1 saturated heterocycles. The molecule has 2 aromatic rings. The molecule has 1 amide bonds. The number of benzene rings is 1. The van der Waals surface area contributed by atoms with Crippen molar-refractivity contribution in [3.05, 3.63) is 40.8 Å². The lowest BCUT2D eigenvalue weighted by Gasteiger charge is -2.37. The second-order valence-corrected chi connectivity index (χ2v) is 7.51. The van der Waals surface area contributed by atoms with E-state index >= 15 is 0 Å². The van der Waals surface area contributed by atoms with Crippen LogP contribution in [0.4, 0.5) is 0 Å². The molecule has 1 aliphatic heterocycles. The Morgan fingerprint density at radius 3 is 2.68 bits per heavy atom. The summed E-state index contributed by atoms with van der Waals surface area (Å²) in [5, 5.41) is 16.0. The number of aliphatic hydroxyl groups excluding tert-OH is 1. The third-order valence-electron chi connectivity index (χ3n) is 5.45. The largest absolute Gasteiger partial charge is 0.493 e. The summed E-state index contributed by atoms with van der Waals surface area (Å²) in [7, 11) is 1.53. The topological polar surface area (TPSA) is 112 Å². The average Bonchev–Trinajstić information content (AvgIpc) is 3.12. The molecule has 2 heterocycles. The molecule has 3 rings (SSSR count). The molecule has 1 fully saturated rings. The van der Waals surface area contributed by atoms with Crippen LogP contribution in [0, 0.1) is 13.8 Å². The molecule has 0 bridgehead atoms. The van der Waals surface area contributed by atoms with Gasteiger partial charge in [0, 0.05) is 38.2 Å². The number of aromatic nitrogens is 1. The summed E-state index contributed by atoms with van der Waals surface area (Å²) >= 11 is 0. The highest BCUT2D eigenvalue weighted by atomic mass is 16.5. The molecule has 31 heavy (non-hydrogen) atoms. The van der Waals surface area contributed by atoms with E-state index in [4.69, 9.17) is 28.6 Å². The lowest BCUT2D eigenvalue weighted by molar-refractivity contribution is -0.114. The Morgan fingerprint density at radius 1 is 1.26 bits per heavy atom. The summed E-state index contributed by atoms with van der Waals surface area (Å²) in [6, 6.07) is 5.04. The van der Waals surface area contributed by atoms with Crippen molar-refractivity contribution in [3.63, 3.8) is 0 Å². The van der Waals surface area contributed by atoms with Crippen LogP contribution in [0.15, 0.2) is 22.7 Å². The highest BCUT2D eigenvalue weighted by molar-refractivity contribution is 5.94. The lowest BCUT2D eigenvalue weighted by atomic mass is 9.93. The standard InChI is InChI=1S/C22H30N2O7/c1-15-18(16(2)31-24-15)13-29-19-5-4-17(12-20(19)27-3)21(26)23-14-22(30-11-8-25)6-9-28-10-7-22/h4-5,12,25H,6-11,13-14H2,1-3H3,(H,23,26). The predicted molar refractivity (Wildman–Crippen MR) is 111 cm³/mol. The van der Waals surface area contributed by atoms with Gasteiger partial charge >= 0.3 is 0 Å². The summed E-state index contributed by atoms with van der Waals surface area (Å²) in [5.41, 5.74) is 1.58. The highest BCUT2D eigenvalue weighted by Crippen LogP contribution is 2.30. The van der Waals surface area contributed by atoms with E-state index in [2.05, 4.69) is 10.5 Å². The number of nitrogens with one attached hydrogen (secondary N) is 1.